The van der Waals surface area contributed by atoms with E-state index in [-0.39, 0.29) is 5.56 Å². The monoisotopic (exact) mass is 182 g/mol. The zero-order valence-electron chi connectivity index (χ0n) is 8.11. The van der Waals surface area contributed by atoms with Crippen molar-refractivity contribution in [1.29, 1.82) is 0 Å². The summed E-state index contributed by atoms with van der Waals surface area (Å²) in [5.41, 5.74) is -0.630. The van der Waals surface area contributed by atoms with E-state index in [9.17, 15) is 9.90 Å². The Hall–Kier alpha value is -1.16. The molecule has 0 aromatic carbocycles. The molecule has 4 heteroatoms. The summed E-state index contributed by atoms with van der Waals surface area (Å²) in [5.74, 6) is 0. The molecule has 0 unspecified atom stereocenters. The molecule has 0 atom stereocenters. The standard InChI is InChI=1S/C9H14N2O2/c1-4-11-8(12)6-5-7(10-11)9(2,3)13/h5-6,13H,4H2,1-3H3. The SMILES string of the molecule is CCn1nc(C(C)(C)O)ccc1=O. The van der Waals surface area contributed by atoms with Crippen LogP contribution in [-0.4, -0.2) is 14.9 Å². The average Bonchev–Trinajstić information content (AvgIpc) is 2.03. The fraction of sp³-hybridized carbons (Fsp3) is 0.556. The highest BCUT2D eigenvalue weighted by Gasteiger charge is 2.18. The van der Waals surface area contributed by atoms with E-state index >= 15 is 0 Å². The summed E-state index contributed by atoms with van der Waals surface area (Å²) < 4.78 is 1.33. The Bertz CT molecular complexity index is 349. The second-order valence-electron chi connectivity index (χ2n) is 3.43. The Morgan fingerprint density at radius 2 is 2.15 bits per heavy atom. The van der Waals surface area contributed by atoms with Gasteiger partial charge < -0.3 is 5.11 Å². The quantitative estimate of drug-likeness (QED) is 0.724. The lowest BCUT2D eigenvalue weighted by molar-refractivity contribution is 0.0715. The van der Waals surface area contributed by atoms with Crippen molar-refractivity contribution in [2.75, 3.05) is 0 Å². The highest BCUT2D eigenvalue weighted by molar-refractivity contribution is 5.07. The van der Waals surface area contributed by atoms with Crippen molar-refractivity contribution in [2.45, 2.75) is 32.9 Å². The molecule has 0 aliphatic heterocycles. The van der Waals surface area contributed by atoms with Gasteiger partial charge in [-0.1, -0.05) is 0 Å². The second-order valence-corrected chi connectivity index (χ2v) is 3.43. The maximum absolute atomic E-state index is 11.1. The minimum atomic E-state index is -0.995. The molecule has 13 heavy (non-hydrogen) atoms. The van der Waals surface area contributed by atoms with E-state index in [1.165, 1.54) is 10.7 Å². The molecule has 1 rings (SSSR count). The van der Waals surface area contributed by atoms with Gasteiger partial charge in [0.05, 0.1) is 5.69 Å². The molecule has 0 bridgehead atoms. The summed E-state index contributed by atoms with van der Waals surface area (Å²) in [6.45, 7) is 5.63. The van der Waals surface area contributed by atoms with Crippen LogP contribution in [-0.2, 0) is 12.1 Å². The van der Waals surface area contributed by atoms with Crippen LogP contribution in [0.25, 0.3) is 0 Å². The van der Waals surface area contributed by atoms with Gasteiger partial charge in [-0.3, -0.25) is 4.79 Å². The van der Waals surface area contributed by atoms with Crippen molar-refractivity contribution < 1.29 is 5.11 Å². The van der Waals surface area contributed by atoms with E-state index in [1.54, 1.807) is 19.9 Å². The number of aryl methyl sites for hydroxylation is 1. The van der Waals surface area contributed by atoms with E-state index in [0.29, 0.717) is 12.2 Å². The molecule has 0 aliphatic rings. The molecule has 1 aromatic rings. The van der Waals surface area contributed by atoms with Crippen LogP contribution >= 0.6 is 0 Å². The smallest absolute Gasteiger partial charge is 0.266 e. The summed E-state index contributed by atoms with van der Waals surface area (Å²) in [6.07, 6.45) is 0. The summed E-state index contributed by atoms with van der Waals surface area (Å²) >= 11 is 0. The van der Waals surface area contributed by atoms with E-state index in [4.69, 9.17) is 0 Å². The van der Waals surface area contributed by atoms with Crippen molar-refractivity contribution in [2.24, 2.45) is 0 Å². The van der Waals surface area contributed by atoms with Gasteiger partial charge in [0.15, 0.2) is 0 Å². The number of nitrogens with zero attached hydrogens (tertiary/aromatic N) is 2. The second kappa shape index (κ2) is 3.30. The van der Waals surface area contributed by atoms with Crippen molar-refractivity contribution in [3.63, 3.8) is 0 Å². The normalized spacial score (nSPS) is 11.7. The van der Waals surface area contributed by atoms with Gasteiger partial charge in [0.2, 0.25) is 0 Å². The summed E-state index contributed by atoms with van der Waals surface area (Å²) in [6, 6.07) is 2.97. The van der Waals surface area contributed by atoms with Gasteiger partial charge in [-0.25, -0.2) is 4.68 Å². The minimum absolute atomic E-state index is 0.143. The molecule has 0 fully saturated rings. The minimum Gasteiger partial charge on any atom is -0.384 e. The first-order chi connectivity index (χ1) is 5.95. The first kappa shape index (κ1) is 9.92. The first-order valence-corrected chi connectivity index (χ1v) is 4.26. The Labute approximate surface area is 76.8 Å². The molecule has 0 saturated heterocycles. The largest absolute Gasteiger partial charge is 0.384 e. The average molecular weight is 182 g/mol. The maximum atomic E-state index is 11.1. The van der Waals surface area contributed by atoms with Gasteiger partial charge in [-0.2, -0.15) is 5.10 Å². The maximum Gasteiger partial charge on any atom is 0.266 e. The van der Waals surface area contributed by atoms with E-state index in [2.05, 4.69) is 5.10 Å². The van der Waals surface area contributed by atoms with Gasteiger partial charge in [-0.15, -0.1) is 0 Å². The third-order valence-corrected chi connectivity index (χ3v) is 1.79. The first-order valence-electron chi connectivity index (χ1n) is 4.26. The van der Waals surface area contributed by atoms with Crippen LogP contribution in [0, 0.1) is 0 Å². The zero-order valence-corrected chi connectivity index (χ0v) is 8.11. The summed E-state index contributed by atoms with van der Waals surface area (Å²) in [5, 5.41) is 13.6. The number of hydrogen-bond donors (Lipinski definition) is 1. The summed E-state index contributed by atoms with van der Waals surface area (Å²) in [7, 11) is 0. The number of rotatable bonds is 2. The van der Waals surface area contributed by atoms with Crippen LogP contribution in [0.5, 0.6) is 0 Å². The lowest BCUT2D eigenvalue weighted by Gasteiger charge is -2.16. The Balaban J connectivity index is 3.22. The predicted molar refractivity (Wildman–Crippen MR) is 49.4 cm³/mol. The third-order valence-electron chi connectivity index (χ3n) is 1.79. The predicted octanol–water partition coefficient (Wildman–Crippen LogP) is 0.491. The van der Waals surface area contributed by atoms with Crippen LogP contribution in [0.2, 0.25) is 0 Å². The fourth-order valence-corrected chi connectivity index (χ4v) is 1.00. The van der Waals surface area contributed by atoms with Crippen molar-refractivity contribution >= 4 is 0 Å². The van der Waals surface area contributed by atoms with Crippen LogP contribution in [0.4, 0.5) is 0 Å². The van der Waals surface area contributed by atoms with Gasteiger partial charge in [0.25, 0.3) is 5.56 Å². The Kier molecular flexibility index (Phi) is 2.52. The molecule has 1 heterocycles. The molecule has 0 saturated carbocycles. The highest BCUT2D eigenvalue weighted by atomic mass is 16.3. The van der Waals surface area contributed by atoms with Gasteiger partial charge >= 0.3 is 0 Å². The molecule has 1 aromatic heterocycles. The molecule has 0 aliphatic carbocycles. The topological polar surface area (TPSA) is 55.1 Å². The molecule has 4 nitrogen and oxygen atoms in total. The molecule has 0 spiro atoms. The number of aliphatic hydroxyl groups is 1. The van der Waals surface area contributed by atoms with E-state index in [1.807, 2.05) is 6.92 Å². The van der Waals surface area contributed by atoms with Crippen LogP contribution in [0.3, 0.4) is 0 Å². The lowest BCUT2D eigenvalue weighted by Crippen LogP contribution is -2.27. The molecular formula is C9H14N2O2. The van der Waals surface area contributed by atoms with Gasteiger partial charge in [0, 0.05) is 12.6 Å². The van der Waals surface area contributed by atoms with E-state index in [0.717, 1.165) is 0 Å². The van der Waals surface area contributed by atoms with Crippen LogP contribution in [0.15, 0.2) is 16.9 Å². The van der Waals surface area contributed by atoms with Crippen LogP contribution < -0.4 is 5.56 Å². The molecular weight excluding hydrogens is 168 g/mol. The summed E-state index contributed by atoms with van der Waals surface area (Å²) in [4.78, 5) is 11.1. The number of aromatic nitrogens is 2. The van der Waals surface area contributed by atoms with E-state index < -0.39 is 5.60 Å². The van der Waals surface area contributed by atoms with Crippen molar-refractivity contribution in [1.82, 2.24) is 9.78 Å². The third kappa shape index (κ3) is 2.15. The van der Waals surface area contributed by atoms with Crippen molar-refractivity contribution in [3.8, 4) is 0 Å². The number of hydrogen-bond acceptors (Lipinski definition) is 3. The van der Waals surface area contributed by atoms with Crippen LogP contribution in [0.1, 0.15) is 26.5 Å². The van der Waals surface area contributed by atoms with Gasteiger partial charge in [0.1, 0.15) is 5.60 Å². The van der Waals surface area contributed by atoms with Gasteiger partial charge in [-0.05, 0) is 26.8 Å². The Morgan fingerprint density at radius 3 is 2.62 bits per heavy atom. The fourth-order valence-electron chi connectivity index (χ4n) is 1.00. The Morgan fingerprint density at radius 1 is 1.54 bits per heavy atom. The zero-order chi connectivity index (χ0) is 10.1. The molecule has 1 N–H and O–H groups in total. The molecule has 0 radical (unpaired) electrons. The lowest BCUT2D eigenvalue weighted by atomic mass is 10.1. The molecule has 72 valence electrons. The highest BCUT2D eigenvalue weighted by Crippen LogP contribution is 2.14. The molecule has 0 amide bonds. The van der Waals surface area contributed by atoms with Crippen molar-refractivity contribution in [3.05, 3.63) is 28.2 Å².